The van der Waals surface area contributed by atoms with Gasteiger partial charge in [0.2, 0.25) is 0 Å². The molecule has 58 valence electrons. The molecule has 0 bridgehead atoms. The summed E-state index contributed by atoms with van der Waals surface area (Å²) in [5.74, 6) is 0.797. The van der Waals surface area contributed by atoms with E-state index in [1.54, 1.807) is 6.92 Å². The smallest absolute Gasteiger partial charge is 0.130 e. The third kappa shape index (κ3) is 5.54. The maximum atomic E-state index is 10.6. The highest BCUT2D eigenvalue weighted by atomic mass is 16.1. The van der Waals surface area contributed by atoms with E-state index in [0.29, 0.717) is 12.3 Å². The van der Waals surface area contributed by atoms with Crippen molar-refractivity contribution in [2.45, 2.75) is 33.6 Å². The van der Waals surface area contributed by atoms with E-state index in [2.05, 4.69) is 13.0 Å². The largest absolute Gasteiger partial charge is 0.300 e. The van der Waals surface area contributed by atoms with Crippen LogP contribution in [0.15, 0.2) is 12.2 Å². The summed E-state index contributed by atoms with van der Waals surface area (Å²) in [6.45, 7) is 5.74. The number of ketones is 1. The summed E-state index contributed by atoms with van der Waals surface area (Å²) < 4.78 is 0. The van der Waals surface area contributed by atoms with Crippen molar-refractivity contribution >= 4 is 5.78 Å². The van der Waals surface area contributed by atoms with E-state index in [1.165, 1.54) is 0 Å². The van der Waals surface area contributed by atoms with Crippen LogP contribution >= 0.6 is 0 Å². The second-order valence-electron chi connectivity index (χ2n) is 2.82. The zero-order valence-electron chi connectivity index (χ0n) is 7.05. The molecule has 0 amide bonds. The molecule has 0 fully saturated rings. The van der Waals surface area contributed by atoms with Gasteiger partial charge in [0.15, 0.2) is 0 Å². The van der Waals surface area contributed by atoms with E-state index >= 15 is 0 Å². The number of hydrogen-bond donors (Lipinski definition) is 0. The Labute approximate surface area is 63.1 Å². The molecular formula is C9H16O. The number of carbonyl (C=O) groups excluding carboxylic acids is 1. The quantitative estimate of drug-likeness (QED) is 0.548. The Hall–Kier alpha value is -0.590. The normalized spacial score (nSPS) is 13.9. The predicted molar refractivity (Wildman–Crippen MR) is 43.9 cm³/mol. The van der Waals surface area contributed by atoms with Crippen LogP contribution in [0.5, 0.6) is 0 Å². The first-order valence-corrected chi connectivity index (χ1v) is 3.77. The van der Waals surface area contributed by atoms with Gasteiger partial charge >= 0.3 is 0 Å². The summed E-state index contributed by atoms with van der Waals surface area (Å²) in [5.41, 5.74) is 0. The minimum atomic E-state index is 0.289. The molecule has 1 nitrogen and oxygen atoms in total. The Morgan fingerprint density at radius 3 is 2.60 bits per heavy atom. The number of carbonyl (C=O) groups is 1. The van der Waals surface area contributed by atoms with E-state index in [1.807, 2.05) is 13.0 Å². The van der Waals surface area contributed by atoms with Crippen LogP contribution in [0.4, 0.5) is 0 Å². The Morgan fingerprint density at radius 2 is 2.20 bits per heavy atom. The van der Waals surface area contributed by atoms with Crippen LogP contribution in [-0.2, 0) is 4.79 Å². The zero-order valence-corrected chi connectivity index (χ0v) is 7.05. The molecule has 0 aliphatic heterocycles. The van der Waals surface area contributed by atoms with Gasteiger partial charge < -0.3 is 4.79 Å². The van der Waals surface area contributed by atoms with Gasteiger partial charge in [-0.2, -0.15) is 0 Å². The molecule has 1 heteroatoms. The molecule has 0 aromatic carbocycles. The highest BCUT2D eigenvalue weighted by molar-refractivity contribution is 5.75. The van der Waals surface area contributed by atoms with E-state index < -0.39 is 0 Å². The molecular weight excluding hydrogens is 124 g/mol. The van der Waals surface area contributed by atoms with Crippen LogP contribution < -0.4 is 0 Å². The molecule has 0 aromatic rings. The van der Waals surface area contributed by atoms with Crippen LogP contribution in [-0.4, -0.2) is 5.78 Å². The van der Waals surface area contributed by atoms with Gasteiger partial charge in [-0.05, 0) is 26.2 Å². The van der Waals surface area contributed by atoms with Crippen molar-refractivity contribution in [1.29, 1.82) is 0 Å². The summed E-state index contributed by atoms with van der Waals surface area (Å²) >= 11 is 0. The highest BCUT2D eigenvalue weighted by Gasteiger charge is 2.01. The fourth-order valence-corrected chi connectivity index (χ4v) is 0.942. The first-order chi connectivity index (χ1) is 4.66. The lowest BCUT2D eigenvalue weighted by molar-refractivity contribution is -0.117. The van der Waals surface area contributed by atoms with Crippen molar-refractivity contribution in [2.75, 3.05) is 0 Å². The first kappa shape index (κ1) is 9.41. The molecule has 0 aromatic heterocycles. The Kier molecular flexibility index (Phi) is 4.91. The molecule has 0 aliphatic rings. The fourth-order valence-electron chi connectivity index (χ4n) is 0.942. The van der Waals surface area contributed by atoms with Crippen LogP contribution in [0.2, 0.25) is 0 Å². The first-order valence-electron chi connectivity index (χ1n) is 3.77. The zero-order chi connectivity index (χ0) is 7.98. The van der Waals surface area contributed by atoms with Gasteiger partial charge in [-0.3, -0.25) is 0 Å². The summed E-state index contributed by atoms with van der Waals surface area (Å²) in [6, 6.07) is 0. The number of hydrogen-bond acceptors (Lipinski definition) is 1. The molecule has 0 heterocycles. The van der Waals surface area contributed by atoms with Crippen LogP contribution in [0.25, 0.3) is 0 Å². The van der Waals surface area contributed by atoms with E-state index in [4.69, 9.17) is 0 Å². The van der Waals surface area contributed by atoms with Crippen LogP contribution in [0, 0.1) is 5.92 Å². The third-order valence-electron chi connectivity index (χ3n) is 1.41. The van der Waals surface area contributed by atoms with Gasteiger partial charge in [-0.1, -0.05) is 19.1 Å². The molecule has 0 saturated heterocycles. The lowest BCUT2D eigenvalue weighted by Crippen LogP contribution is -1.99. The molecule has 0 rings (SSSR count). The summed E-state index contributed by atoms with van der Waals surface area (Å²) in [6.07, 6.45) is 5.87. The molecule has 1 unspecified atom stereocenters. The molecule has 0 spiro atoms. The fraction of sp³-hybridized carbons (Fsp3) is 0.667. The van der Waals surface area contributed by atoms with Crippen molar-refractivity contribution in [3.8, 4) is 0 Å². The number of rotatable bonds is 4. The highest BCUT2D eigenvalue weighted by Crippen LogP contribution is 2.07. The summed E-state index contributed by atoms with van der Waals surface area (Å²) in [5, 5.41) is 0. The minimum absolute atomic E-state index is 0.289. The lowest BCUT2D eigenvalue weighted by Gasteiger charge is -2.03. The van der Waals surface area contributed by atoms with Gasteiger partial charge in [-0.15, -0.1) is 0 Å². The van der Waals surface area contributed by atoms with Gasteiger partial charge in [0.1, 0.15) is 5.78 Å². The summed E-state index contributed by atoms with van der Waals surface area (Å²) in [4.78, 5) is 10.6. The van der Waals surface area contributed by atoms with Crippen molar-refractivity contribution in [2.24, 2.45) is 5.92 Å². The molecule has 0 aliphatic carbocycles. The molecule has 1 atom stereocenters. The number of Topliss-reactive ketones (excluding diaryl/α,β-unsaturated/α-hetero) is 1. The van der Waals surface area contributed by atoms with Crippen molar-refractivity contribution in [3.05, 3.63) is 12.2 Å². The van der Waals surface area contributed by atoms with Gasteiger partial charge in [0, 0.05) is 6.42 Å². The van der Waals surface area contributed by atoms with Crippen LogP contribution in [0.3, 0.4) is 0 Å². The average Bonchev–Trinajstić information content (AvgIpc) is 1.82. The van der Waals surface area contributed by atoms with Crippen LogP contribution in [0.1, 0.15) is 33.6 Å². The molecule has 10 heavy (non-hydrogen) atoms. The maximum Gasteiger partial charge on any atom is 0.130 e. The van der Waals surface area contributed by atoms with E-state index in [0.717, 1.165) is 6.42 Å². The molecule has 0 saturated carbocycles. The van der Waals surface area contributed by atoms with E-state index in [-0.39, 0.29) is 5.78 Å². The second kappa shape index (κ2) is 5.21. The van der Waals surface area contributed by atoms with Crippen molar-refractivity contribution in [1.82, 2.24) is 0 Å². The minimum Gasteiger partial charge on any atom is -0.300 e. The van der Waals surface area contributed by atoms with Crippen molar-refractivity contribution in [3.63, 3.8) is 0 Å². The lowest BCUT2D eigenvalue weighted by atomic mass is 10.0. The van der Waals surface area contributed by atoms with Gasteiger partial charge in [-0.25, -0.2) is 0 Å². The predicted octanol–water partition coefficient (Wildman–Crippen LogP) is 2.57. The van der Waals surface area contributed by atoms with E-state index in [9.17, 15) is 4.79 Å². The third-order valence-corrected chi connectivity index (χ3v) is 1.41. The monoisotopic (exact) mass is 140 g/mol. The standard InChI is InChI=1S/C9H16O/c1-4-5-6-8(2)7-9(3)10/h4-5,8H,6-7H2,1-3H3. The number of allylic oxidation sites excluding steroid dienone is 2. The van der Waals surface area contributed by atoms with Crippen molar-refractivity contribution < 1.29 is 4.79 Å². The van der Waals surface area contributed by atoms with Gasteiger partial charge in [0.05, 0.1) is 0 Å². The SMILES string of the molecule is CC=CCC(C)CC(C)=O. The summed E-state index contributed by atoms with van der Waals surface area (Å²) in [7, 11) is 0. The topological polar surface area (TPSA) is 17.1 Å². The molecule has 0 radical (unpaired) electrons. The molecule has 0 N–H and O–H groups in total. The Balaban J connectivity index is 3.43. The second-order valence-corrected chi connectivity index (χ2v) is 2.82. The van der Waals surface area contributed by atoms with Gasteiger partial charge in [0.25, 0.3) is 0 Å². The Morgan fingerprint density at radius 1 is 1.60 bits per heavy atom. The average molecular weight is 140 g/mol. The maximum absolute atomic E-state index is 10.6. The Bertz CT molecular complexity index is 125.